The van der Waals surface area contributed by atoms with Crippen LogP contribution >= 0.6 is 0 Å². The summed E-state index contributed by atoms with van der Waals surface area (Å²) in [5.41, 5.74) is 0. The highest BCUT2D eigenvalue weighted by atomic mass is 16.6. The number of carboxylic acids is 2. The third kappa shape index (κ3) is 7.31. The molecule has 8 heteroatoms. The van der Waals surface area contributed by atoms with Crippen molar-refractivity contribution < 1.29 is 29.3 Å². The maximum absolute atomic E-state index is 11.3. The maximum atomic E-state index is 11.3. The van der Waals surface area contributed by atoms with Gasteiger partial charge in [-0.25, -0.2) is 14.4 Å². The first-order valence-corrected chi connectivity index (χ1v) is 6.54. The fourth-order valence-electron chi connectivity index (χ4n) is 1.79. The first-order chi connectivity index (χ1) is 9.83. The molecule has 0 aliphatic heterocycles. The summed E-state index contributed by atoms with van der Waals surface area (Å²) in [5.74, 6) is -2.51. The molecule has 0 bridgehead atoms. The highest BCUT2D eigenvalue weighted by Crippen LogP contribution is 2.24. The fraction of sp³-hybridized carbons (Fsp3) is 0.615. The van der Waals surface area contributed by atoms with Gasteiger partial charge in [-0.05, 0) is 26.8 Å². The third-order valence-corrected chi connectivity index (χ3v) is 3.03. The number of carboxylic acid groups (broad SMARTS) is 2. The molecule has 0 aromatic heterocycles. The zero-order chi connectivity index (χ0) is 16.4. The standard InChI is InChI=1S/C9H18N2O2.C4H4O4/c1-4-13-9(12)11(3)8-6-5-7(8)10-2;5-3(6)1-2-4(7)8/h7-8,10H,4-6H2,1-3H3;1-2H,(H,5,6)(H,7,8)/b;2-1-/t7-,8-;/m1./s1. The quantitative estimate of drug-likeness (QED) is 0.634. The van der Waals surface area contributed by atoms with Gasteiger partial charge in [-0.1, -0.05) is 0 Å². The Balaban J connectivity index is 0.000000433. The number of ether oxygens (including phenoxy) is 1. The molecular formula is C13H22N2O6. The zero-order valence-corrected chi connectivity index (χ0v) is 12.4. The van der Waals surface area contributed by atoms with Crippen molar-refractivity contribution in [2.75, 3.05) is 20.7 Å². The molecule has 1 amide bonds. The molecule has 0 heterocycles. The van der Waals surface area contributed by atoms with Gasteiger partial charge >= 0.3 is 18.0 Å². The van der Waals surface area contributed by atoms with Crippen molar-refractivity contribution in [3.8, 4) is 0 Å². The SMILES string of the molecule is CCOC(=O)N(C)[C@@H]1CC[C@H]1NC.O=C(O)/C=C\C(=O)O. The van der Waals surface area contributed by atoms with Gasteiger partial charge in [0.05, 0.1) is 12.6 Å². The van der Waals surface area contributed by atoms with Gasteiger partial charge in [0.2, 0.25) is 0 Å². The van der Waals surface area contributed by atoms with Gasteiger partial charge in [0.15, 0.2) is 0 Å². The van der Waals surface area contributed by atoms with Gasteiger partial charge in [-0.15, -0.1) is 0 Å². The lowest BCUT2D eigenvalue weighted by atomic mass is 9.85. The predicted molar refractivity (Wildman–Crippen MR) is 75.1 cm³/mol. The van der Waals surface area contributed by atoms with E-state index in [1.54, 1.807) is 11.9 Å². The van der Waals surface area contributed by atoms with Crippen molar-refractivity contribution in [3.63, 3.8) is 0 Å². The van der Waals surface area contributed by atoms with E-state index in [9.17, 15) is 14.4 Å². The summed E-state index contributed by atoms with van der Waals surface area (Å²) in [6.45, 7) is 2.27. The maximum Gasteiger partial charge on any atom is 0.409 e. The summed E-state index contributed by atoms with van der Waals surface area (Å²) in [4.78, 5) is 32.1. The van der Waals surface area contributed by atoms with Crippen LogP contribution in [0.1, 0.15) is 19.8 Å². The second-order valence-electron chi connectivity index (χ2n) is 4.36. The summed E-state index contributed by atoms with van der Waals surface area (Å²) in [6, 6.07) is 0.749. The Labute approximate surface area is 123 Å². The van der Waals surface area contributed by atoms with Crippen molar-refractivity contribution in [2.45, 2.75) is 31.8 Å². The molecule has 1 aliphatic rings. The van der Waals surface area contributed by atoms with Crippen molar-refractivity contribution in [3.05, 3.63) is 12.2 Å². The summed E-state index contributed by atoms with van der Waals surface area (Å²) >= 11 is 0. The van der Waals surface area contributed by atoms with Gasteiger partial charge in [0.25, 0.3) is 0 Å². The highest BCUT2D eigenvalue weighted by molar-refractivity contribution is 5.89. The van der Waals surface area contributed by atoms with Crippen LogP contribution in [0, 0.1) is 0 Å². The zero-order valence-electron chi connectivity index (χ0n) is 12.4. The Bertz CT molecular complexity index is 378. The average Bonchev–Trinajstić information content (AvgIpc) is 2.36. The lowest BCUT2D eigenvalue weighted by Gasteiger charge is -2.41. The number of carbonyl (C=O) groups excluding carboxylic acids is 1. The smallest absolute Gasteiger partial charge is 0.409 e. The largest absolute Gasteiger partial charge is 0.478 e. The number of carbonyl (C=O) groups is 3. The molecule has 21 heavy (non-hydrogen) atoms. The van der Waals surface area contributed by atoms with Crippen LogP contribution in [0.5, 0.6) is 0 Å². The van der Waals surface area contributed by atoms with Crippen LogP contribution in [0.4, 0.5) is 4.79 Å². The van der Waals surface area contributed by atoms with Crippen molar-refractivity contribution >= 4 is 18.0 Å². The van der Waals surface area contributed by atoms with Gasteiger partial charge in [-0.2, -0.15) is 0 Å². The Morgan fingerprint density at radius 3 is 2.05 bits per heavy atom. The number of hydrogen-bond acceptors (Lipinski definition) is 5. The number of hydrogen-bond donors (Lipinski definition) is 3. The number of aliphatic carboxylic acids is 2. The Hall–Kier alpha value is -2.09. The number of nitrogens with zero attached hydrogens (tertiary/aromatic N) is 1. The van der Waals surface area contributed by atoms with Crippen LogP contribution in [-0.4, -0.2) is 65.9 Å². The molecule has 1 saturated carbocycles. The Morgan fingerprint density at radius 1 is 1.24 bits per heavy atom. The topological polar surface area (TPSA) is 116 Å². The minimum absolute atomic E-state index is 0.215. The molecule has 1 fully saturated rings. The fourth-order valence-corrected chi connectivity index (χ4v) is 1.79. The molecule has 0 radical (unpaired) electrons. The summed E-state index contributed by atoms with van der Waals surface area (Å²) in [5, 5.41) is 18.8. The molecule has 1 rings (SSSR count). The van der Waals surface area contributed by atoms with E-state index in [1.807, 2.05) is 14.0 Å². The minimum atomic E-state index is -1.26. The van der Waals surface area contributed by atoms with E-state index in [-0.39, 0.29) is 6.09 Å². The van der Waals surface area contributed by atoms with Gasteiger partial charge in [0, 0.05) is 25.2 Å². The number of rotatable bonds is 5. The first kappa shape index (κ1) is 18.9. The predicted octanol–water partition coefficient (Wildman–Crippen LogP) is 0.537. The van der Waals surface area contributed by atoms with E-state index in [0.717, 1.165) is 12.8 Å². The Morgan fingerprint density at radius 2 is 1.76 bits per heavy atom. The minimum Gasteiger partial charge on any atom is -0.478 e. The molecule has 0 unspecified atom stereocenters. The van der Waals surface area contributed by atoms with Crippen LogP contribution in [0.15, 0.2) is 12.2 Å². The van der Waals surface area contributed by atoms with Crippen LogP contribution in [-0.2, 0) is 14.3 Å². The summed E-state index contributed by atoms with van der Waals surface area (Å²) in [7, 11) is 3.72. The molecule has 8 nitrogen and oxygen atoms in total. The van der Waals surface area contributed by atoms with E-state index in [0.29, 0.717) is 30.8 Å². The monoisotopic (exact) mass is 302 g/mol. The van der Waals surface area contributed by atoms with Crippen molar-refractivity contribution in [2.24, 2.45) is 0 Å². The number of likely N-dealkylation sites (N-methyl/N-ethyl adjacent to an activating group) is 2. The molecule has 0 aromatic rings. The van der Waals surface area contributed by atoms with E-state index in [4.69, 9.17) is 14.9 Å². The van der Waals surface area contributed by atoms with E-state index in [1.165, 1.54) is 0 Å². The second-order valence-corrected chi connectivity index (χ2v) is 4.36. The summed E-state index contributed by atoms with van der Waals surface area (Å²) < 4.78 is 4.91. The molecule has 3 N–H and O–H groups in total. The van der Waals surface area contributed by atoms with Gasteiger partial charge in [0.1, 0.15) is 0 Å². The van der Waals surface area contributed by atoms with Crippen LogP contribution in [0.2, 0.25) is 0 Å². The average molecular weight is 302 g/mol. The molecule has 0 aromatic carbocycles. The van der Waals surface area contributed by atoms with E-state index in [2.05, 4.69) is 5.32 Å². The van der Waals surface area contributed by atoms with Crippen molar-refractivity contribution in [1.82, 2.24) is 10.2 Å². The van der Waals surface area contributed by atoms with E-state index >= 15 is 0 Å². The van der Waals surface area contributed by atoms with Gasteiger partial charge in [-0.3, -0.25) is 0 Å². The van der Waals surface area contributed by atoms with Crippen LogP contribution in [0.25, 0.3) is 0 Å². The van der Waals surface area contributed by atoms with Crippen molar-refractivity contribution in [1.29, 1.82) is 0 Å². The molecule has 120 valence electrons. The lowest BCUT2D eigenvalue weighted by molar-refractivity contribution is -0.134. The van der Waals surface area contributed by atoms with Crippen LogP contribution in [0.3, 0.4) is 0 Å². The normalized spacial score (nSPS) is 20.0. The van der Waals surface area contributed by atoms with Crippen LogP contribution < -0.4 is 5.32 Å². The van der Waals surface area contributed by atoms with E-state index < -0.39 is 11.9 Å². The van der Waals surface area contributed by atoms with Gasteiger partial charge < -0.3 is 25.2 Å². The molecule has 0 saturated heterocycles. The number of nitrogens with one attached hydrogen (secondary N) is 1. The second kappa shape index (κ2) is 9.76. The lowest BCUT2D eigenvalue weighted by Crippen LogP contribution is -2.56. The Kier molecular flexibility index (Phi) is 8.79. The third-order valence-electron chi connectivity index (χ3n) is 3.03. The first-order valence-electron chi connectivity index (χ1n) is 6.54. The molecule has 2 atom stereocenters. The molecule has 1 aliphatic carbocycles. The molecule has 0 spiro atoms. The molecular weight excluding hydrogens is 280 g/mol. The highest BCUT2D eigenvalue weighted by Gasteiger charge is 2.35. The number of amides is 1. The summed E-state index contributed by atoms with van der Waals surface area (Å²) in [6.07, 6.45) is 3.11.